The molecule has 22 heavy (non-hydrogen) atoms. The molecule has 2 saturated carbocycles. The number of aromatic hydroxyl groups is 1. The largest absolute Gasteiger partial charge is 0.505 e. The normalized spacial score (nSPS) is 20.7. The number of anilines is 1. The maximum absolute atomic E-state index is 10.7. The lowest BCUT2D eigenvalue weighted by atomic mass is 9.88. The van der Waals surface area contributed by atoms with Crippen LogP contribution < -0.4 is 4.90 Å². The molecule has 2 aliphatic rings. The van der Waals surface area contributed by atoms with Gasteiger partial charge >= 0.3 is 0 Å². The van der Waals surface area contributed by atoms with Crippen molar-refractivity contribution in [2.75, 3.05) is 4.90 Å². The summed E-state index contributed by atoms with van der Waals surface area (Å²) in [5.74, 6) is 0.00381. The van der Waals surface area contributed by atoms with Gasteiger partial charge in [-0.3, -0.25) is 0 Å². The third-order valence-corrected chi connectivity index (χ3v) is 5.29. The molecule has 4 nitrogen and oxygen atoms in total. The van der Waals surface area contributed by atoms with E-state index in [9.17, 15) is 10.0 Å². The van der Waals surface area contributed by atoms with E-state index in [4.69, 9.17) is 0 Å². The Bertz CT molecular complexity index is 488. The molecule has 2 fully saturated rings. The molecule has 0 spiro atoms. The molecule has 0 unspecified atom stereocenters. The van der Waals surface area contributed by atoms with E-state index in [2.05, 4.69) is 10.1 Å². The minimum absolute atomic E-state index is 0.00381. The van der Waals surface area contributed by atoms with Crippen LogP contribution in [-0.4, -0.2) is 17.2 Å². The smallest absolute Gasteiger partial charge is 0.149 e. The van der Waals surface area contributed by atoms with Crippen molar-refractivity contribution in [1.29, 1.82) is 0 Å². The van der Waals surface area contributed by atoms with E-state index >= 15 is 0 Å². The number of phenols is 1. The number of hydrogen-bond acceptors (Lipinski definition) is 4. The molecule has 1 N–H and O–H groups in total. The first-order chi connectivity index (χ1) is 10.8. The second kappa shape index (κ2) is 7.12. The molecule has 0 radical (unpaired) electrons. The van der Waals surface area contributed by atoms with Gasteiger partial charge in [-0.05, 0) is 43.0 Å². The van der Waals surface area contributed by atoms with Gasteiger partial charge < -0.3 is 10.0 Å². The number of hydrogen-bond donors (Lipinski definition) is 1. The monoisotopic (exact) mass is 302 g/mol. The van der Waals surface area contributed by atoms with Gasteiger partial charge in [0.2, 0.25) is 0 Å². The van der Waals surface area contributed by atoms with Crippen LogP contribution in [0.1, 0.15) is 64.2 Å². The van der Waals surface area contributed by atoms with Crippen LogP contribution in [0.5, 0.6) is 5.75 Å². The van der Waals surface area contributed by atoms with E-state index in [1.165, 1.54) is 64.2 Å². The van der Waals surface area contributed by atoms with Gasteiger partial charge in [-0.2, -0.15) is 0 Å². The average Bonchev–Trinajstić information content (AvgIpc) is 2.57. The Morgan fingerprint density at radius 1 is 0.909 bits per heavy atom. The summed E-state index contributed by atoms with van der Waals surface area (Å²) in [6.07, 6.45) is 12.8. The predicted molar refractivity (Wildman–Crippen MR) is 89.8 cm³/mol. The predicted octanol–water partition coefficient (Wildman–Crippen LogP) is 5.26. The van der Waals surface area contributed by atoms with E-state index < -0.39 is 0 Å². The number of benzene rings is 1. The van der Waals surface area contributed by atoms with Crippen molar-refractivity contribution >= 4 is 11.4 Å². The standard InChI is InChI=1S/C18H26N2O2/c21-18-13-16(11-12-17(18)19-22)20(14-7-3-1-4-8-14)15-9-5-2-6-10-15/h11-15,21H,1-10H2. The molecule has 0 atom stereocenters. The van der Waals surface area contributed by atoms with E-state index in [1.807, 2.05) is 6.07 Å². The van der Waals surface area contributed by atoms with Crippen molar-refractivity contribution in [3.05, 3.63) is 23.1 Å². The molecular formula is C18H26N2O2. The van der Waals surface area contributed by atoms with Gasteiger partial charge in [0, 0.05) is 23.8 Å². The number of nitroso groups, excluding NO2 is 1. The Morgan fingerprint density at radius 3 is 1.91 bits per heavy atom. The van der Waals surface area contributed by atoms with Crippen molar-refractivity contribution in [3.63, 3.8) is 0 Å². The van der Waals surface area contributed by atoms with Crippen molar-refractivity contribution in [3.8, 4) is 5.75 Å². The van der Waals surface area contributed by atoms with E-state index in [-0.39, 0.29) is 11.4 Å². The molecule has 2 aliphatic carbocycles. The van der Waals surface area contributed by atoms with Crippen molar-refractivity contribution in [2.45, 2.75) is 76.3 Å². The number of nitrogens with zero attached hydrogens (tertiary/aromatic N) is 2. The lowest BCUT2D eigenvalue weighted by Crippen LogP contribution is -2.45. The SMILES string of the molecule is O=Nc1ccc(N(C2CCCCC2)C2CCCCC2)cc1O. The highest BCUT2D eigenvalue weighted by Crippen LogP contribution is 2.37. The van der Waals surface area contributed by atoms with E-state index in [1.54, 1.807) is 12.1 Å². The summed E-state index contributed by atoms with van der Waals surface area (Å²) >= 11 is 0. The molecule has 0 saturated heterocycles. The number of rotatable bonds is 4. The summed E-state index contributed by atoms with van der Waals surface area (Å²) in [4.78, 5) is 13.2. The second-order valence-corrected chi connectivity index (χ2v) is 6.76. The van der Waals surface area contributed by atoms with Crippen LogP contribution >= 0.6 is 0 Å². The van der Waals surface area contributed by atoms with Crippen LogP contribution in [0.25, 0.3) is 0 Å². The van der Waals surface area contributed by atoms with Crippen LogP contribution in [0.3, 0.4) is 0 Å². The Hall–Kier alpha value is -1.58. The molecule has 1 aromatic rings. The lowest BCUT2D eigenvalue weighted by Gasteiger charge is -2.43. The highest BCUT2D eigenvalue weighted by atomic mass is 16.3. The van der Waals surface area contributed by atoms with Crippen molar-refractivity contribution in [1.82, 2.24) is 0 Å². The molecule has 4 heteroatoms. The molecule has 0 aliphatic heterocycles. The quantitative estimate of drug-likeness (QED) is 0.772. The van der Waals surface area contributed by atoms with Crippen molar-refractivity contribution < 1.29 is 5.11 Å². The van der Waals surface area contributed by atoms with Crippen molar-refractivity contribution in [2.24, 2.45) is 5.18 Å². The van der Waals surface area contributed by atoms with Crippen LogP contribution in [0.2, 0.25) is 0 Å². The highest BCUT2D eigenvalue weighted by molar-refractivity contribution is 5.62. The second-order valence-electron chi connectivity index (χ2n) is 6.76. The van der Waals surface area contributed by atoms with Crippen LogP contribution in [0.15, 0.2) is 23.4 Å². The Balaban J connectivity index is 1.89. The fourth-order valence-electron chi connectivity index (χ4n) is 4.19. The Kier molecular flexibility index (Phi) is 4.96. The van der Waals surface area contributed by atoms with Gasteiger partial charge in [-0.1, -0.05) is 38.5 Å². The Labute approximate surface area is 132 Å². The average molecular weight is 302 g/mol. The summed E-state index contributed by atoms with van der Waals surface area (Å²) in [7, 11) is 0. The van der Waals surface area contributed by atoms with Crippen LogP contribution in [-0.2, 0) is 0 Å². The maximum atomic E-state index is 10.7. The van der Waals surface area contributed by atoms with Gasteiger partial charge in [-0.15, -0.1) is 4.91 Å². The van der Waals surface area contributed by atoms with Crippen LogP contribution in [0.4, 0.5) is 11.4 Å². The van der Waals surface area contributed by atoms with E-state index in [0.29, 0.717) is 12.1 Å². The summed E-state index contributed by atoms with van der Waals surface area (Å²) in [6, 6.07) is 6.49. The molecule has 0 bridgehead atoms. The summed E-state index contributed by atoms with van der Waals surface area (Å²) in [5.41, 5.74) is 1.19. The minimum Gasteiger partial charge on any atom is -0.505 e. The van der Waals surface area contributed by atoms with Gasteiger partial charge in [0.05, 0.1) is 0 Å². The Morgan fingerprint density at radius 2 is 1.45 bits per heavy atom. The molecule has 3 rings (SSSR count). The zero-order valence-electron chi connectivity index (χ0n) is 13.2. The van der Waals surface area contributed by atoms with Gasteiger partial charge in [0.25, 0.3) is 0 Å². The summed E-state index contributed by atoms with van der Waals surface area (Å²) in [5, 5.41) is 12.9. The first-order valence-corrected chi connectivity index (χ1v) is 8.74. The third-order valence-electron chi connectivity index (χ3n) is 5.29. The van der Waals surface area contributed by atoms with Gasteiger partial charge in [0.1, 0.15) is 11.4 Å². The summed E-state index contributed by atoms with van der Waals surface area (Å²) < 4.78 is 0. The van der Waals surface area contributed by atoms with Crippen LogP contribution in [0, 0.1) is 4.91 Å². The van der Waals surface area contributed by atoms with Gasteiger partial charge in [0.15, 0.2) is 0 Å². The zero-order valence-corrected chi connectivity index (χ0v) is 13.2. The molecule has 1 aromatic carbocycles. The minimum atomic E-state index is 0.00381. The molecule has 0 heterocycles. The fourth-order valence-corrected chi connectivity index (χ4v) is 4.19. The fraction of sp³-hybridized carbons (Fsp3) is 0.667. The zero-order chi connectivity index (χ0) is 15.4. The topological polar surface area (TPSA) is 52.9 Å². The molecule has 0 amide bonds. The highest BCUT2D eigenvalue weighted by Gasteiger charge is 2.29. The van der Waals surface area contributed by atoms with E-state index in [0.717, 1.165) is 5.69 Å². The first-order valence-electron chi connectivity index (χ1n) is 8.74. The molecule has 120 valence electrons. The molecular weight excluding hydrogens is 276 g/mol. The molecule has 0 aromatic heterocycles. The van der Waals surface area contributed by atoms with Gasteiger partial charge in [-0.25, -0.2) is 0 Å². The maximum Gasteiger partial charge on any atom is 0.149 e. The lowest BCUT2D eigenvalue weighted by molar-refractivity contribution is 0.339. The number of phenolic OH excluding ortho intramolecular Hbond substituents is 1. The third kappa shape index (κ3) is 3.26. The first kappa shape index (κ1) is 15.3. The summed E-state index contributed by atoms with van der Waals surface area (Å²) in [6.45, 7) is 0.